The van der Waals surface area contributed by atoms with Gasteiger partial charge in [0.05, 0.1) is 11.6 Å². The van der Waals surface area contributed by atoms with Crippen LogP contribution in [-0.4, -0.2) is 37.7 Å². The van der Waals surface area contributed by atoms with Crippen molar-refractivity contribution in [1.82, 2.24) is 10.2 Å². The van der Waals surface area contributed by atoms with E-state index in [1.807, 2.05) is 0 Å². The van der Waals surface area contributed by atoms with E-state index in [0.29, 0.717) is 17.1 Å². The number of benzene rings is 1. The minimum atomic E-state index is -0.242. The van der Waals surface area contributed by atoms with Crippen LogP contribution in [0.25, 0.3) is 0 Å². The summed E-state index contributed by atoms with van der Waals surface area (Å²) >= 11 is 3.32. The molecule has 1 fully saturated rings. The third-order valence-electron chi connectivity index (χ3n) is 3.21. The van der Waals surface area contributed by atoms with Crippen molar-refractivity contribution in [1.29, 1.82) is 0 Å². The number of rotatable bonds is 3. The van der Waals surface area contributed by atoms with Gasteiger partial charge in [0.15, 0.2) is 0 Å². The molecule has 1 atom stereocenters. The van der Waals surface area contributed by atoms with Crippen molar-refractivity contribution < 1.29 is 9.13 Å². The van der Waals surface area contributed by atoms with Crippen LogP contribution < -0.4 is 10.1 Å². The van der Waals surface area contributed by atoms with Gasteiger partial charge in [-0.15, -0.1) is 0 Å². The van der Waals surface area contributed by atoms with Crippen LogP contribution in [0.3, 0.4) is 0 Å². The Labute approximate surface area is 115 Å². The van der Waals surface area contributed by atoms with Crippen molar-refractivity contribution in [3.63, 3.8) is 0 Å². The van der Waals surface area contributed by atoms with E-state index in [0.717, 1.165) is 30.9 Å². The van der Waals surface area contributed by atoms with Gasteiger partial charge in [-0.05, 0) is 35.0 Å². The van der Waals surface area contributed by atoms with E-state index in [9.17, 15) is 4.39 Å². The van der Waals surface area contributed by atoms with Crippen molar-refractivity contribution in [2.75, 3.05) is 26.7 Å². The molecule has 0 aliphatic carbocycles. The Morgan fingerprint density at radius 1 is 1.56 bits per heavy atom. The molecule has 0 amide bonds. The van der Waals surface area contributed by atoms with Crippen molar-refractivity contribution >= 4 is 15.9 Å². The van der Waals surface area contributed by atoms with Crippen LogP contribution in [0.4, 0.5) is 4.39 Å². The van der Waals surface area contributed by atoms with Gasteiger partial charge >= 0.3 is 0 Å². The van der Waals surface area contributed by atoms with Crippen LogP contribution in [0, 0.1) is 5.82 Å². The van der Waals surface area contributed by atoms with Crippen LogP contribution in [0.1, 0.15) is 12.5 Å². The molecule has 3 nitrogen and oxygen atoms in total. The summed E-state index contributed by atoms with van der Waals surface area (Å²) in [7, 11) is 1.61. The second-order valence-corrected chi connectivity index (χ2v) is 5.43. The Hall–Kier alpha value is -0.650. The fourth-order valence-corrected chi connectivity index (χ4v) is 2.75. The van der Waals surface area contributed by atoms with Crippen LogP contribution in [0.2, 0.25) is 0 Å². The molecule has 5 heteroatoms. The van der Waals surface area contributed by atoms with Crippen molar-refractivity contribution in [3.8, 4) is 5.75 Å². The largest absolute Gasteiger partial charge is 0.496 e. The van der Waals surface area contributed by atoms with E-state index >= 15 is 0 Å². The normalized spacial score (nSPS) is 21.0. The molecule has 1 aromatic carbocycles. The Morgan fingerprint density at radius 3 is 3.00 bits per heavy atom. The zero-order chi connectivity index (χ0) is 13.1. The maximum atomic E-state index is 13.6. The first-order valence-electron chi connectivity index (χ1n) is 6.08. The summed E-state index contributed by atoms with van der Waals surface area (Å²) in [4.78, 5) is 2.31. The highest BCUT2D eigenvalue weighted by atomic mass is 79.9. The smallest absolute Gasteiger partial charge is 0.137 e. The van der Waals surface area contributed by atoms with Crippen LogP contribution in [0.5, 0.6) is 5.75 Å². The summed E-state index contributed by atoms with van der Waals surface area (Å²) in [5, 5.41) is 3.39. The van der Waals surface area contributed by atoms with E-state index in [1.54, 1.807) is 13.2 Å². The molecule has 2 rings (SSSR count). The highest BCUT2D eigenvalue weighted by molar-refractivity contribution is 9.10. The van der Waals surface area contributed by atoms with Crippen molar-refractivity contribution in [2.24, 2.45) is 0 Å². The van der Waals surface area contributed by atoms with Crippen molar-refractivity contribution in [3.05, 3.63) is 28.0 Å². The monoisotopic (exact) mass is 316 g/mol. The lowest BCUT2D eigenvalue weighted by Crippen LogP contribution is -2.48. The number of hydrogen-bond donors (Lipinski definition) is 1. The fourth-order valence-electron chi connectivity index (χ4n) is 2.29. The van der Waals surface area contributed by atoms with Crippen LogP contribution in [-0.2, 0) is 6.54 Å². The predicted octanol–water partition coefficient (Wildman–Crippen LogP) is 2.39. The van der Waals surface area contributed by atoms with E-state index in [2.05, 4.69) is 33.1 Å². The Kier molecular flexibility index (Phi) is 4.59. The van der Waals surface area contributed by atoms with Gasteiger partial charge in [0.1, 0.15) is 11.6 Å². The quantitative estimate of drug-likeness (QED) is 0.926. The lowest BCUT2D eigenvalue weighted by atomic mass is 10.1. The lowest BCUT2D eigenvalue weighted by molar-refractivity contribution is 0.197. The molecule has 0 bridgehead atoms. The molecule has 100 valence electrons. The molecule has 1 saturated heterocycles. The number of piperazine rings is 1. The minimum Gasteiger partial charge on any atom is -0.496 e. The molecule has 1 heterocycles. The SMILES string of the molecule is COc1ccc(F)c(Br)c1CN1CCN[C@@H](C)C1. The third kappa shape index (κ3) is 3.02. The first-order chi connectivity index (χ1) is 8.61. The summed E-state index contributed by atoms with van der Waals surface area (Å²) in [6, 6.07) is 3.57. The number of hydrogen-bond acceptors (Lipinski definition) is 3. The highest BCUT2D eigenvalue weighted by Crippen LogP contribution is 2.30. The molecule has 1 aromatic rings. The average molecular weight is 317 g/mol. The van der Waals surface area contributed by atoms with E-state index in [-0.39, 0.29) is 5.82 Å². The predicted molar refractivity (Wildman–Crippen MR) is 73.4 cm³/mol. The van der Waals surface area contributed by atoms with Gasteiger partial charge < -0.3 is 10.1 Å². The number of ether oxygens (including phenoxy) is 1. The molecule has 1 aliphatic rings. The second kappa shape index (κ2) is 5.99. The molecule has 18 heavy (non-hydrogen) atoms. The molecule has 0 aromatic heterocycles. The van der Waals surface area contributed by atoms with Gasteiger partial charge in [-0.3, -0.25) is 4.90 Å². The minimum absolute atomic E-state index is 0.242. The molecule has 1 aliphatic heterocycles. The molecule has 0 saturated carbocycles. The zero-order valence-electron chi connectivity index (χ0n) is 10.7. The molecule has 0 radical (unpaired) electrons. The molecule has 1 N–H and O–H groups in total. The standard InChI is InChI=1S/C13H18BrFN2O/c1-9-7-17(6-5-16-9)8-10-12(18-2)4-3-11(15)13(10)14/h3-4,9,16H,5-8H2,1-2H3/t9-/m0/s1. The number of methoxy groups -OCH3 is 1. The van der Waals surface area contributed by atoms with E-state index in [1.165, 1.54) is 6.07 Å². The van der Waals surface area contributed by atoms with Gasteiger partial charge in [-0.2, -0.15) is 0 Å². The highest BCUT2D eigenvalue weighted by Gasteiger charge is 2.19. The first kappa shape index (κ1) is 13.8. The summed E-state index contributed by atoms with van der Waals surface area (Å²) in [5.41, 5.74) is 0.881. The summed E-state index contributed by atoms with van der Waals surface area (Å²) in [5.74, 6) is 0.489. The maximum Gasteiger partial charge on any atom is 0.137 e. The molecule has 0 spiro atoms. The fraction of sp³-hybridized carbons (Fsp3) is 0.538. The van der Waals surface area contributed by atoms with Gasteiger partial charge in [0.25, 0.3) is 0 Å². The zero-order valence-corrected chi connectivity index (χ0v) is 12.3. The molecular weight excluding hydrogens is 299 g/mol. The topological polar surface area (TPSA) is 24.5 Å². The number of nitrogens with one attached hydrogen (secondary N) is 1. The summed E-state index contributed by atoms with van der Waals surface area (Å²) in [6.07, 6.45) is 0. The Bertz CT molecular complexity index is 428. The summed E-state index contributed by atoms with van der Waals surface area (Å²) in [6.45, 7) is 5.76. The lowest BCUT2D eigenvalue weighted by Gasteiger charge is -2.32. The summed E-state index contributed by atoms with van der Waals surface area (Å²) < 4.78 is 19.4. The third-order valence-corrected chi connectivity index (χ3v) is 4.07. The van der Waals surface area contributed by atoms with Crippen LogP contribution in [0.15, 0.2) is 16.6 Å². The van der Waals surface area contributed by atoms with Gasteiger partial charge in [-0.25, -0.2) is 4.39 Å². The van der Waals surface area contributed by atoms with Gasteiger partial charge in [0, 0.05) is 37.8 Å². The second-order valence-electron chi connectivity index (χ2n) is 4.63. The van der Waals surface area contributed by atoms with E-state index < -0.39 is 0 Å². The first-order valence-corrected chi connectivity index (χ1v) is 6.87. The number of halogens is 2. The molecule has 0 unspecified atom stereocenters. The van der Waals surface area contributed by atoms with Gasteiger partial charge in [0.2, 0.25) is 0 Å². The maximum absolute atomic E-state index is 13.6. The molecular formula is C13H18BrFN2O. The number of nitrogens with zero attached hydrogens (tertiary/aromatic N) is 1. The van der Waals surface area contributed by atoms with Gasteiger partial charge in [-0.1, -0.05) is 0 Å². The van der Waals surface area contributed by atoms with Crippen LogP contribution >= 0.6 is 15.9 Å². The average Bonchev–Trinajstić information content (AvgIpc) is 2.35. The van der Waals surface area contributed by atoms with E-state index in [4.69, 9.17) is 4.74 Å². The van der Waals surface area contributed by atoms with Crippen molar-refractivity contribution in [2.45, 2.75) is 19.5 Å². The Morgan fingerprint density at radius 2 is 2.33 bits per heavy atom. The Balaban J connectivity index is 2.19.